The molecule has 1 aliphatic rings. The molecule has 1 nitrogen and oxygen atoms in total. The molecule has 0 saturated heterocycles. The van der Waals surface area contributed by atoms with E-state index >= 15 is 0 Å². The maximum atomic E-state index is 3.68. The first kappa shape index (κ1) is 13.3. The number of thiophene rings is 1. The van der Waals surface area contributed by atoms with Crippen LogP contribution in [0.1, 0.15) is 21.9 Å². The summed E-state index contributed by atoms with van der Waals surface area (Å²) in [6.07, 6.45) is 1.22. The highest BCUT2D eigenvalue weighted by molar-refractivity contribution is 9.09. The number of hydrogen-bond acceptors (Lipinski definition) is 2. The lowest BCUT2D eigenvalue weighted by molar-refractivity contribution is 0.245. The number of nitrogens with zero attached hydrogens (tertiary/aromatic N) is 1. The molecule has 0 fully saturated rings. The smallest absolute Gasteiger partial charge is 0.0245 e. The normalized spacial score (nSPS) is 17.1. The van der Waals surface area contributed by atoms with Gasteiger partial charge in [-0.15, -0.1) is 11.3 Å². The van der Waals surface area contributed by atoms with E-state index in [1.807, 2.05) is 11.3 Å². The van der Waals surface area contributed by atoms with Crippen LogP contribution in [0.15, 0.2) is 41.8 Å². The van der Waals surface area contributed by atoms with Gasteiger partial charge in [-0.1, -0.05) is 46.3 Å². The van der Waals surface area contributed by atoms with Gasteiger partial charge in [-0.25, -0.2) is 0 Å². The summed E-state index contributed by atoms with van der Waals surface area (Å²) < 4.78 is 0. The molecule has 3 heteroatoms. The maximum absolute atomic E-state index is 3.68. The van der Waals surface area contributed by atoms with E-state index in [1.165, 1.54) is 24.1 Å². The number of fused-ring (bicyclic) bond motifs is 1. The molecule has 100 valence electrons. The number of rotatable bonds is 4. The van der Waals surface area contributed by atoms with Gasteiger partial charge in [0, 0.05) is 35.8 Å². The van der Waals surface area contributed by atoms with Crippen LogP contribution in [0.5, 0.6) is 0 Å². The zero-order chi connectivity index (χ0) is 13.1. The molecule has 2 aromatic rings. The van der Waals surface area contributed by atoms with Gasteiger partial charge in [0.05, 0.1) is 0 Å². The summed E-state index contributed by atoms with van der Waals surface area (Å²) in [6.45, 7) is 3.46. The second kappa shape index (κ2) is 6.21. The van der Waals surface area contributed by atoms with E-state index in [0.717, 1.165) is 18.4 Å². The summed E-state index contributed by atoms with van der Waals surface area (Å²) in [5.41, 5.74) is 2.98. The van der Waals surface area contributed by atoms with E-state index in [1.54, 1.807) is 4.88 Å². The molecular weight excluding hydrogens is 318 g/mol. The van der Waals surface area contributed by atoms with E-state index in [0.29, 0.717) is 5.92 Å². The van der Waals surface area contributed by atoms with E-state index < -0.39 is 0 Å². The van der Waals surface area contributed by atoms with Crippen molar-refractivity contribution in [3.8, 4) is 0 Å². The molecule has 0 radical (unpaired) electrons. The minimum absolute atomic E-state index is 0.585. The van der Waals surface area contributed by atoms with Crippen LogP contribution in [-0.2, 0) is 13.0 Å². The lowest BCUT2D eigenvalue weighted by atomic mass is 9.99. The second-order valence-corrected chi connectivity index (χ2v) is 6.76. The van der Waals surface area contributed by atoms with Crippen molar-refractivity contribution in [2.75, 3.05) is 18.4 Å². The Kier molecular flexibility index (Phi) is 4.36. The zero-order valence-corrected chi connectivity index (χ0v) is 13.3. The van der Waals surface area contributed by atoms with Gasteiger partial charge in [0.2, 0.25) is 0 Å². The molecule has 3 rings (SSSR count). The Labute approximate surface area is 127 Å². The van der Waals surface area contributed by atoms with E-state index in [2.05, 4.69) is 62.6 Å². The third-order valence-electron chi connectivity index (χ3n) is 3.82. The highest BCUT2D eigenvalue weighted by atomic mass is 79.9. The highest BCUT2D eigenvalue weighted by Gasteiger charge is 2.20. The van der Waals surface area contributed by atoms with Crippen LogP contribution in [0, 0.1) is 0 Å². The highest BCUT2D eigenvalue weighted by Crippen LogP contribution is 2.27. The van der Waals surface area contributed by atoms with Crippen LogP contribution >= 0.6 is 27.3 Å². The van der Waals surface area contributed by atoms with Gasteiger partial charge in [0.15, 0.2) is 0 Å². The number of hydrogen-bond donors (Lipinski definition) is 0. The first-order chi connectivity index (χ1) is 9.36. The lowest BCUT2D eigenvalue weighted by Gasteiger charge is -2.30. The third kappa shape index (κ3) is 3.10. The van der Waals surface area contributed by atoms with Crippen LogP contribution in [0.2, 0.25) is 0 Å². The van der Waals surface area contributed by atoms with E-state index in [-0.39, 0.29) is 0 Å². The average Bonchev–Trinajstić information content (AvgIpc) is 2.93. The van der Waals surface area contributed by atoms with E-state index in [4.69, 9.17) is 0 Å². The molecule has 1 aliphatic heterocycles. The van der Waals surface area contributed by atoms with Crippen LogP contribution in [0.25, 0.3) is 0 Å². The van der Waals surface area contributed by atoms with Crippen molar-refractivity contribution in [1.29, 1.82) is 0 Å². The monoisotopic (exact) mass is 335 g/mol. The molecule has 1 unspecified atom stereocenters. The summed E-state index contributed by atoms with van der Waals surface area (Å²) in [7, 11) is 0. The Morgan fingerprint density at radius 1 is 1.21 bits per heavy atom. The molecule has 1 atom stereocenters. The SMILES string of the molecule is BrCC(CN1CCc2sccc2C1)c1ccccc1. The summed E-state index contributed by atoms with van der Waals surface area (Å²) in [5.74, 6) is 0.585. The summed E-state index contributed by atoms with van der Waals surface area (Å²) >= 11 is 5.59. The van der Waals surface area contributed by atoms with Gasteiger partial charge in [-0.3, -0.25) is 4.90 Å². The molecule has 0 amide bonds. The number of halogens is 1. The molecule has 0 bridgehead atoms. The Morgan fingerprint density at radius 2 is 2.05 bits per heavy atom. The summed E-state index contributed by atoms with van der Waals surface area (Å²) in [4.78, 5) is 4.18. The van der Waals surface area contributed by atoms with Gasteiger partial charge in [0.1, 0.15) is 0 Å². The van der Waals surface area contributed by atoms with Crippen molar-refractivity contribution < 1.29 is 0 Å². The zero-order valence-electron chi connectivity index (χ0n) is 10.9. The molecule has 0 N–H and O–H groups in total. The van der Waals surface area contributed by atoms with Crippen LogP contribution in [0.3, 0.4) is 0 Å². The Morgan fingerprint density at radius 3 is 2.84 bits per heavy atom. The molecule has 19 heavy (non-hydrogen) atoms. The Bertz CT molecular complexity index is 523. The second-order valence-electron chi connectivity index (χ2n) is 5.12. The fraction of sp³-hybridized carbons (Fsp3) is 0.375. The quantitative estimate of drug-likeness (QED) is 0.753. The third-order valence-corrected chi connectivity index (χ3v) is 5.63. The van der Waals surface area contributed by atoms with Crippen molar-refractivity contribution in [1.82, 2.24) is 4.90 Å². The predicted molar refractivity (Wildman–Crippen MR) is 86.3 cm³/mol. The largest absolute Gasteiger partial charge is 0.298 e. The number of alkyl halides is 1. The fourth-order valence-electron chi connectivity index (χ4n) is 2.74. The topological polar surface area (TPSA) is 3.24 Å². The molecule has 0 saturated carbocycles. The van der Waals surface area contributed by atoms with Crippen LogP contribution < -0.4 is 0 Å². The van der Waals surface area contributed by atoms with Crippen molar-refractivity contribution in [3.63, 3.8) is 0 Å². The minimum Gasteiger partial charge on any atom is -0.298 e. The molecule has 2 heterocycles. The van der Waals surface area contributed by atoms with Crippen molar-refractivity contribution in [2.24, 2.45) is 0 Å². The van der Waals surface area contributed by atoms with Crippen LogP contribution in [0.4, 0.5) is 0 Å². The van der Waals surface area contributed by atoms with Crippen LogP contribution in [-0.4, -0.2) is 23.3 Å². The van der Waals surface area contributed by atoms with Gasteiger partial charge in [0.25, 0.3) is 0 Å². The van der Waals surface area contributed by atoms with Crippen molar-refractivity contribution in [2.45, 2.75) is 18.9 Å². The fourth-order valence-corrected chi connectivity index (χ4v) is 4.21. The average molecular weight is 336 g/mol. The Balaban J connectivity index is 1.68. The molecular formula is C16H18BrNS. The van der Waals surface area contributed by atoms with Gasteiger partial charge in [-0.05, 0) is 29.0 Å². The van der Waals surface area contributed by atoms with Gasteiger partial charge in [-0.2, -0.15) is 0 Å². The Hall–Kier alpha value is -0.640. The standard InChI is InChI=1S/C16H18BrNS/c17-10-15(13-4-2-1-3-5-13)12-18-8-6-16-14(11-18)7-9-19-16/h1-5,7,9,15H,6,8,10-12H2. The molecule has 1 aromatic heterocycles. The van der Waals surface area contributed by atoms with Crippen molar-refractivity contribution >= 4 is 27.3 Å². The first-order valence-corrected chi connectivity index (χ1v) is 8.75. The van der Waals surface area contributed by atoms with Crippen molar-refractivity contribution in [3.05, 3.63) is 57.8 Å². The molecule has 0 aliphatic carbocycles. The molecule has 1 aromatic carbocycles. The molecule has 0 spiro atoms. The van der Waals surface area contributed by atoms with Gasteiger partial charge < -0.3 is 0 Å². The predicted octanol–water partition coefficient (Wildman–Crippen LogP) is 4.28. The summed E-state index contributed by atoms with van der Waals surface area (Å²) in [6, 6.07) is 13.1. The van der Waals surface area contributed by atoms with E-state index in [9.17, 15) is 0 Å². The number of benzene rings is 1. The first-order valence-electron chi connectivity index (χ1n) is 6.75. The van der Waals surface area contributed by atoms with Gasteiger partial charge >= 0.3 is 0 Å². The summed E-state index contributed by atoms with van der Waals surface area (Å²) in [5, 5.41) is 3.26. The minimum atomic E-state index is 0.585. The maximum Gasteiger partial charge on any atom is 0.0245 e. The lowest BCUT2D eigenvalue weighted by Crippen LogP contribution is -2.33.